The first-order valence-corrected chi connectivity index (χ1v) is 4.29. The third kappa shape index (κ3) is 1.87. The van der Waals surface area contributed by atoms with Crippen LogP contribution in [-0.4, -0.2) is 16.6 Å². The summed E-state index contributed by atoms with van der Waals surface area (Å²) in [6, 6.07) is 2.24. The second kappa shape index (κ2) is 4.06. The van der Waals surface area contributed by atoms with Crippen molar-refractivity contribution >= 4 is 0 Å². The summed E-state index contributed by atoms with van der Waals surface area (Å²) in [6.45, 7) is 4.13. The van der Waals surface area contributed by atoms with Crippen molar-refractivity contribution in [2.75, 3.05) is 7.05 Å². The van der Waals surface area contributed by atoms with Crippen molar-refractivity contribution in [3.63, 3.8) is 0 Å². The maximum Gasteiger partial charge on any atom is 0.137 e. The molecule has 1 aromatic rings. The summed E-state index contributed by atoms with van der Waals surface area (Å²) >= 11 is 0. The predicted octanol–water partition coefficient (Wildman–Crippen LogP) is 1.25. The zero-order valence-corrected chi connectivity index (χ0v) is 8.15. The molecule has 0 spiro atoms. The summed E-state index contributed by atoms with van der Waals surface area (Å²) in [5, 5.41) is 11.8. The van der Waals surface area contributed by atoms with E-state index in [2.05, 4.69) is 30.2 Å². The summed E-state index contributed by atoms with van der Waals surface area (Å²) < 4.78 is 1.99. The summed E-state index contributed by atoms with van der Waals surface area (Å²) in [6.07, 6.45) is 3.48. The fourth-order valence-electron chi connectivity index (χ4n) is 1.25. The van der Waals surface area contributed by atoms with Crippen LogP contribution in [0.15, 0.2) is 12.5 Å². The van der Waals surface area contributed by atoms with Crippen LogP contribution in [0.5, 0.6) is 0 Å². The molecule has 4 heteroatoms. The van der Waals surface area contributed by atoms with Gasteiger partial charge in [0, 0.05) is 6.04 Å². The van der Waals surface area contributed by atoms with Crippen molar-refractivity contribution in [2.45, 2.75) is 25.9 Å². The standard InChI is InChI=1S/C9H14N4/c1-7(2)13-6-12-5-9(13)8(4-10)11-3/h5-8,11H,1-3H3. The van der Waals surface area contributed by atoms with Gasteiger partial charge in [-0.1, -0.05) is 0 Å². The number of nitriles is 1. The van der Waals surface area contributed by atoms with E-state index in [1.165, 1.54) is 0 Å². The first-order chi connectivity index (χ1) is 6.20. The van der Waals surface area contributed by atoms with Gasteiger partial charge >= 0.3 is 0 Å². The Morgan fingerprint density at radius 3 is 2.77 bits per heavy atom. The molecule has 1 atom stereocenters. The molecule has 0 aliphatic carbocycles. The molecule has 0 aliphatic rings. The molecule has 0 fully saturated rings. The molecule has 1 aromatic heterocycles. The lowest BCUT2D eigenvalue weighted by molar-refractivity contribution is 0.545. The number of hydrogen-bond acceptors (Lipinski definition) is 3. The smallest absolute Gasteiger partial charge is 0.137 e. The molecule has 0 radical (unpaired) electrons. The van der Waals surface area contributed by atoms with Crippen LogP contribution in [-0.2, 0) is 0 Å². The van der Waals surface area contributed by atoms with Gasteiger partial charge in [-0.05, 0) is 20.9 Å². The molecule has 0 aromatic carbocycles. The minimum atomic E-state index is -0.273. The normalized spacial score (nSPS) is 12.8. The lowest BCUT2D eigenvalue weighted by atomic mass is 10.2. The Labute approximate surface area is 78.2 Å². The molecular formula is C9H14N4. The highest BCUT2D eigenvalue weighted by Crippen LogP contribution is 2.15. The van der Waals surface area contributed by atoms with Crippen molar-refractivity contribution in [3.8, 4) is 6.07 Å². The monoisotopic (exact) mass is 178 g/mol. The molecule has 1 N–H and O–H groups in total. The lowest BCUT2D eigenvalue weighted by Gasteiger charge is -2.14. The van der Waals surface area contributed by atoms with E-state index in [1.54, 1.807) is 19.6 Å². The van der Waals surface area contributed by atoms with E-state index in [9.17, 15) is 0 Å². The molecule has 70 valence electrons. The molecule has 13 heavy (non-hydrogen) atoms. The van der Waals surface area contributed by atoms with Crippen LogP contribution in [0.2, 0.25) is 0 Å². The number of aromatic nitrogens is 2. The molecule has 1 rings (SSSR count). The molecular weight excluding hydrogens is 164 g/mol. The fourth-order valence-corrected chi connectivity index (χ4v) is 1.25. The summed E-state index contributed by atoms with van der Waals surface area (Å²) in [5.41, 5.74) is 0.917. The molecule has 1 unspecified atom stereocenters. The highest BCUT2D eigenvalue weighted by atomic mass is 15.1. The number of hydrogen-bond donors (Lipinski definition) is 1. The van der Waals surface area contributed by atoms with Crippen LogP contribution in [0, 0.1) is 11.3 Å². The van der Waals surface area contributed by atoms with Crippen molar-refractivity contribution in [3.05, 3.63) is 18.2 Å². The Balaban J connectivity index is 3.00. The van der Waals surface area contributed by atoms with Crippen LogP contribution >= 0.6 is 0 Å². The second-order valence-electron chi connectivity index (χ2n) is 3.17. The summed E-state index contributed by atoms with van der Waals surface area (Å²) in [4.78, 5) is 4.03. The largest absolute Gasteiger partial charge is 0.330 e. The van der Waals surface area contributed by atoms with Gasteiger partial charge in [0.2, 0.25) is 0 Å². The third-order valence-electron chi connectivity index (χ3n) is 1.97. The summed E-state index contributed by atoms with van der Waals surface area (Å²) in [7, 11) is 1.77. The van der Waals surface area contributed by atoms with Crippen molar-refractivity contribution in [1.82, 2.24) is 14.9 Å². The number of rotatable bonds is 3. The van der Waals surface area contributed by atoms with E-state index in [-0.39, 0.29) is 6.04 Å². The number of nitrogens with one attached hydrogen (secondary N) is 1. The SMILES string of the molecule is CNC(C#N)c1cncn1C(C)C. The average Bonchev–Trinajstić information content (AvgIpc) is 2.55. The molecule has 0 aliphatic heterocycles. The number of imidazole rings is 1. The van der Waals surface area contributed by atoms with E-state index in [0.29, 0.717) is 6.04 Å². The Hall–Kier alpha value is -1.34. The molecule has 4 nitrogen and oxygen atoms in total. The van der Waals surface area contributed by atoms with Crippen molar-refractivity contribution in [1.29, 1.82) is 5.26 Å². The maximum absolute atomic E-state index is 8.85. The van der Waals surface area contributed by atoms with Gasteiger partial charge in [-0.15, -0.1) is 0 Å². The van der Waals surface area contributed by atoms with Crippen LogP contribution in [0.4, 0.5) is 0 Å². The topological polar surface area (TPSA) is 53.6 Å². The highest BCUT2D eigenvalue weighted by molar-refractivity contribution is 5.14. The lowest BCUT2D eigenvalue weighted by Crippen LogP contribution is -2.18. The second-order valence-corrected chi connectivity index (χ2v) is 3.17. The third-order valence-corrected chi connectivity index (χ3v) is 1.97. The molecule has 0 amide bonds. The maximum atomic E-state index is 8.85. The van der Waals surface area contributed by atoms with E-state index >= 15 is 0 Å². The van der Waals surface area contributed by atoms with E-state index in [1.807, 2.05) is 4.57 Å². The summed E-state index contributed by atoms with van der Waals surface area (Å²) in [5.74, 6) is 0. The van der Waals surface area contributed by atoms with Crippen LogP contribution < -0.4 is 5.32 Å². The quantitative estimate of drug-likeness (QED) is 0.757. The van der Waals surface area contributed by atoms with Gasteiger partial charge in [-0.3, -0.25) is 0 Å². The number of nitrogens with zero attached hydrogens (tertiary/aromatic N) is 3. The van der Waals surface area contributed by atoms with E-state index < -0.39 is 0 Å². The van der Waals surface area contributed by atoms with Gasteiger partial charge in [0.1, 0.15) is 6.04 Å². The van der Waals surface area contributed by atoms with Crippen LogP contribution in [0.1, 0.15) is 31.6 Å². The zero-order valence-electron chi connectivity index (χ0n) is 8.15. The van der Waals surface area contributed by atoms with Gasteiger partial charge in [0.05, 0.1) is 24.3 Å². The van der Waals surface area contributed by atoms with Gasteiger partial charge in [-0.25, -0.2) is 4.98 Å². The van der Waals surface area contributed by atoms with Crippen LogP contribution in [0.3, 0.4) is 0 Å². The first kappa shape index (κ1) is 9.75. The molecule has 1 heterocycles. The Morgan fingerprint density at radius 2 is 2.31 bits per heavy atom. The van der Waals surface area contributed by atoms with Gasteiger partial charge in [0.25, 0.3) is 0 Å². The molecule has 0 saturated heterocycles. The van der Waals surface area contributed by atoms with E-state index in [0.717, 1.165) is 5.69 Å². The van der Waals surface area contributed by atoms with Gasteiger partial charge < -0.3 is 9.88 Å². The fraction of sp³-hybridized carbons (Fsp3) is 0.556. The van der Waals surface area contributed by atoms with Gasteiger partial charge in [-0.2, -0.15) is 5.26 Å². The van der Waals surface area contributed by atoms with Crippen molar-refractivity contribution in [2.24, 2.45) is 0 Å². The zero-order chi connectivity index (χ0) is 9.84. The van der Waals surface area contributed by atoms with E-state index in [4.69, 9.17) is 5.26 Å². The Kier molecular flexibility index (Phi) is 3.04. The minimum Gasteiger partial charge on any atom is -0.330 e. The van der Waals surface area contributed by atoms with Gasteiger partial charge in [0.15, 0.2) is 0 Å². The Morgan fingerprint density at radius 1 is 1.62 bits per heavy atom. The molecule has 0 bridgehead atoms. The average molecular weight is 178 g/mol. The van der Waals surface area contributed by atoms with Crippen molar-refractivity contribution < 1.29 is 0 Å². The molecule has 0 saturated carbocycles. The minimum absolute atomic E-state index is 0.273. The predicted molar refractivity (Wildman–Crippen MR) is 50.0 cm³/mol. The first-order valence-electron chi connectivity index (χ1n) is 4.29. The Bertz CT molecular complexity index is 308. The highest BCUT2D eigenvalue weighted by Gasteiger charge is 2.14. The van der Waals surface area contributed by atoms with Crippen LogP contribution in [0.25, 0.3) is 0 Å².